The number of esters is 1. The van der Waals surface area contributed by atoms with Crippen molar-refractivity contribution < 1.29 is 9.53 Å². The highest BCUT2D eigenvalue weighted by atomic mass is 16.5. The monoisotopic (exact) mass is 196 g/mol. The van der Waals surface area contributed by atoms with Gasteiger partial charge in [-0.15, -0.1) is 0 Å². The smallest absolute Gasteiger partial charge is 0.313 e. The highest BCUT2D eigenvalue weighted by Crippen LogP contribution is 2.18. The summed E-state index contributed by atoms with van der Waals surface area (Å²) in [6.45, 7) is 3.73. The maximum Gasteiger partial charge on any atom is 0.313 e. The molecule has 0 aromatic carbocycles. The quantitative estimate of drug-likeness (QED) is 0.632. The van der Waals surface area contributed by atoms with Crippen molar-refractivity contribution in [1.29, 1.82) is 0 Å². The fraction of sp³-hybridized carbons (Fsp3) is 0.750. The van der Waals surface area contributed by atoms with Gasteiger partial charge in [0.05, 0.1) is 5.92 Å². The fourth-order valence-electron chi connectivity index (χ4n) is 1.50. The SMILES string of the molecule is CC(C)C(=O)O/C1=C/CCCCCC1. The molecule has 0 saturated carbocycles. The molecular formula is C12H20O2. The highest BCUT2D eigenvalue weighted by Gasteiger charge is 2.11. The molecule has 1 rings (SSSR count). The Morgan fingerprint density at radius 3 is 2.71 bits per heavy atom. The molecule has 0 spiro atoms. The van der Waals surface area contributed by atoms with E-state index in [2.05, 4.69) is 6.08 Å². The predicted molar refractivity (Wildman–Crippen MR) is 56.7 cm³/mol. The van der Waals surface area contributed by atoms with Gasteiger partial charge in [-0.25, -0.2) is 0 Å². The first-order chi connectivity index (χ1) is 6.70. The molecule has 0 N–H and O–H groups in total. The Kier molecular flexibility index (Phi) is 4.71. The van der Waals surface area contributed by atoms with Crippen LogP contribution in [-0.2, 0) is 9.53 Å². The van der Waals surface area contributed by atoms with E-state index in [1.807, 2.05) is 13.8 Å². The second kappa shape index (κ2) is 5.84. The predicted octanol–water partition coefficient (Wildman–Crippen LogP) is 3.42. The topological polar surface area (TPSA) is 26.3 Å². The van der Waals surface area contributed by atoms with Gasteiger partial charge in [0.25, 0.3) is 0 Å². The molecule has 0 heterocycles. The van der Waals surface area contributed by atoms with E-state index in [0.29, 0.717) is 0 Å². The van der Waals surface area contributed by atoms with Gasteiger partial charge in [-0.1, -0.05) is 26.7 Å². The number of carbonyl (C=O) groups is 1. The first-order valence-corrected chi connectivity index (χ1v) is 5.61. The van der Waals surface area contributed by atoms with Crippen molar-refractivity contribution in [2.24, 2.45) is 5.92 Å². The maximum absolute atomic E-state index is 11.3. The average Bonchev–Trinajstić information content (AvgIpc) is 2.08. The lowest BCUT2D eigenvalue weighted by Crippen LogP contribution is -2.11. The van der Waals surface area contributed by atoms with Crippen LogP contribution in [0.25, 0.3) is 0 Å². The van der Waals surface area contributed by atoms with Gasteiger partial charge in [-0.05, 0) is 25.3 Å². The Balaban J connectivity index is 2.44. The third-order valence-corrected chi connectivity index (χ3v) is 2.45. The van der Waals surface area contributed by atoms with E-state index in [1.165, 1.54) is 19.3 Å². The molecule has 0 aromatic heterocycles. The molecule has 0 saturated heterocycles. The summed E-state index contributed by atoms with van der Waals surface area (Å²) in [5.41, 5.74) is 0. The van der Waals surface area contributed by atoms with Crippen LogP contribution in [0.1, 0.15) is 52.4 Å². The largest absolute Gasteiger partial charge is 0.431 e. The maximum atomic E-state index is 11.3. The van der Waals surface area contributed by atoms with Crippen molar-refractivity contribution in [3.8, 4) is 0 Å². The highest BCUT2D eigenvalue weighted by molar-refractivity contribution is 5.72. The molecule has 0 fully saturated rings. The zero-order valence-corrected chi connectivity index (χ0v) is 9.21. The van der Waals surface area contributed by atoms with Gasteiger partial charge in [-0.2, -0.15) is 0 Å². The second-order valence-corrected chi connectivity index (χ2v) is 4.20. The van der Waals surface area contributed by atoms with E-state index < -0.39 is 0 Å². The fourth-order valence-corrected chi connectivity index (χ4v) is 1.50. The lowest BCUT2D eigenvalue weighted by atomic mass is 10.1. The Morgan fingerprint density at radius 2 is 2.00 bits per heavy atom. The molecule has 0 unspecified atom stereocenters. The first-order valence-electron chi connectivity index (χ1n) is 5.61. The van der Waals surface area contributed by atoms with E-state index in [4.69, 9.17) is 4.74 Å². The molecule has 0 aromatic rings. The van der Waals surface area contributed by atoms with Gasteiger partial charge >= 0.3 is 5.97 Å². The van der Waals surface area contributed by atoms with Gasteiger partial charge in [0.1, 0.15) is 5.76 Å². The molecule has 0 bridgehead atoms. The number of ether oxygens (including phenoxy) is 1. The van der Waals surface area contributed by atoms with E-state index >= 15 is 0 Å². The first kappa shape index (κ1) is 11.3. The van der Waals surface area contributed by atoms with E-state index in [1.54, 1.807) is 0 Å². The number of carbonyl (C=O) groups excluding carboxylic acids is 1. The van der Waals surface area contributed by atoms with Crippen LogP contribution in [0.5, 0.6) is 0 Å². The van der Waals surface area contributed by atoms with Crippen molar-refractivity contribution in [3.05, 3.63) is 11.8 Å². The normalized spacial score (nSPS) is 22.1. The zero-order valence-electron chi connectivity index (χ0n) is 9.21. The van der Waals surface area contributed by atoms with Gasteiger partial charge in [-0.3, -0.25) is 4.79 Å². The molecule has 0 aliphatic heterocycles. The lowest BCUT2D eigenvalue weighted by Gasteiger charge is -2.12. The van der Waals surface area contributed by atoms with Crippen molar-refractivity contribution in [2.75, 3.05) is 0 Å². The Morgan fingerprint density at radius 1 is 1.29 bits per heavy atom. The minimum atomic E-state index is -0.100. The van der Waals surface area contributed by atoms with Crippen molar-refractivity contribution in [2.45, 2.75) is 52.4 Å². The summed E-state index contributed by atoms with van der Waals surface area (Å²) in [6.07, 6.45) is 9.01. The van der Waals surface area contributed by atoms with Crippen LogP contribution < -0.4 is 0 Å². The summed E-state index contributed by atoms with van der Waals surface area (Å²) in [5, 5.41) is 0. The second-order valence-electron chi connectivity index (χ2n) is 4.20. The standard InChI is InChI=1S/C12H20O2/c1-10(2)12(13)14-11-8-6-4-3-5-7-9-11/h8,10H,3-7,9H2,1-2H3/b11-8+. The number of allylic oxidation sites excluding steroid dienone is 2. The Hall–Kier alpha value is -0.790. The summed E-state index contributed by atoms with van der Waals surface area (Å²) in [7, 11) is 0. The lowest BCUT2D eigenvalue weighted by molar-refractivity contribution is -0.143. The summed E-state index contributed by atoms with van der Waals surface area (Å²) in [4.78, 5) is 11.3. The molecule has 14 heavy (non-hydrogen) atoms. The van der Waals surface area contributed by atoms with E-state index in [0.717, 1.165) is 25.0 Å². The molecular weight excluding hydrogens is 176 g/mol. The van der Waals surface area contributed by atoms with Crippen molar-refractivity contribution in [3.63, 3.8) is 0 Å². The molecule has 80 valence electrons. The molecule has 1 aliphatic rings. The van der Waals surface area contributed by atoms with E-state index in [-0.39, 0.29) is 11.9 Å². The summed E-state index contributed by atoms with van der Waals surface area (Å²) in [5.74, 6) is 0.765. The van der Waals surface area contributed by atoms with Crippen LogP contribution in [0, 0.1) is 5.92 Å². The molecule has 1 aliphatic carbocycles. The average molecular weight is 196 g/mol. The van der Waals surface area contributed by atoms with Crippen LogP contribution in [0.2, 0.25) is 0 Å². The number of rotatable bonds is 2. The molecule has 2 heteroatoms. The zero-order chi connectivity index (χ0) is 10.4. The van der Waals surface area contributed by atoms with Crippen molar-refractivity contribution in [1.82, 2.24) is 0 Å². The van der Waals surface area contributed by atoms with Crippen LogP contribution in [-0.4, -0.2) is 5.97 Å². The van der Waals surface area contributed by atoms with Crippen LogP contribution in [0.3, 0.4) is 0 Å². The van der Waals surface area contributed by atoms with Gasteiger partial charge < -0.3 is 4.74 Å². The third-order valence-electron chi connectivity index (χ3n) is 2.45. The van der Waals surface area contributed by atoms with Crippen LogP contribution in [0.15, 0.2) is 11.8 Å². The minimum Gasteiger partial charge on any atom is -0.431 e. The Bertz CT molecular complexity index is 216. The van der Waals surface area contributed by atoms with E-state index in [9.17, 15) is 4.79 Å². The Labute approximate surface area is 86.3 Å². The van der Waals surface area contributed by atoms with Gasteiger partial charge in [0, 0.05) is 6.42 Å². The third kappa shape index (κ3) is 3.95. The van der Waals surface area contributed by atoms with Gasteiger partial charge in [0.2, 0.25) is 0 Å². The number of hydrogen-bond acceptors (Lipinski definition) is 2. The molecule has 0 radical (unpaired) electrons. The van der Waals surface area contributed by atoms with Gasteiger partial charge in [0.15, 0.2) is 0 Å². The molecule has 0 amide bonds. The van der Waals surface area contributed by atoms with Crippen LogP contribution >= 0.6 is 0 Å². The number of hydrogen-bond donors (Lipinski definition) is 0. The molecule has 0 atom stereocenters. The summed E-state index contributed by atoms with van der Waals surface area (Å²) in [6, 6.07) is 0. The summed E-state index contributed by atoms with van der Waals surface area (Å²) < 4.78 is 5.31. The van der Waals surface area contributed by atoms with Crippen molar-refractivity contribution >= 4 is 5.97 Å². The molecule has 2 nitrogen and oxygen atoms in total. The minimum absolute atomic E-state index is 0.0265. The summed E-state index contributed by atoms with van der Waals surface area (Å²) >= 11 is 0. The van der Waals surface area contributed by atoms with Crippen LogP contribution in [0.4, 0.5) is 0 Å².